The number of amides is 3. The van der Waals surface area contributed by atoms with E-state index in [0.717, 1.165) is 0 Å². The number of alkyl carbamates (subject to hydrolysis) is 1. The predicted molar refractivity (Wildman–Crippen MR) is 82.8 cm³/mol. The van der Waals surface area contributed by atoms with Crippen LogP contribution in [0.3, 0.4) is 0 Å². The highest BCUT2D eigenvalue weighted by atomic mass is 35.5. The molecule has 2 N–H and O–H groups in total. The van der Waals surface area contributed by atoms with Gasteiger partial charge in [-0.15, -0.1) is 0 Å². The maximum Gasteiger partial charge on any atom is 0.407 e. The van der Waals surface area contributed by atoms with Gasteiger partial charge in [-0.1, -0.05) is 11.6 Å². The van der Waals surface area contributed by atoms with Crippen molar-refractivity contribution >= 4 is 29.5 Å². The van der Waals surface area contributed by atoms with E-state index in [0.29, 0.717) is 12.0 Å². The molecule has 0 saturated carbocycles. The highest BCUT2D eigenvalue weighted by molar-refractivity contribution is 6.32. The summed E-state index contributed by atoms with van der Waals surface area (Å²) in [7, 11) is 1.19. The van der Waals surface area contributed by atoms with E-state index >= 15 is 0 Å². The zero-order chi connectivity index (χ0) is 18.1. The van der Waals surface area contributed by atoms with Gasteiger partial charge in [-0.3, -0.25) is 9.59 Å². The Balaban J connectivity index is 1.85. The van der Waals surface area contributed by atoms with E-state index in [4.69, 9.17) is 16.4 Å². The number of carbonyl (C=O) groups excluding carboxylic acids is 3. The molecule has 3 amide bonds. The van der Waals surface area contributed by atoms with Gasteiger partial charge in [-0.2, -0.15) is 0 Å². The standard InChI is InChI=1S/C15H15ClFN3O5/c1-24-15(23)18-5-7-4-9(16)8-6-20(14(22)12(8)13(7)17)11-3-2-10(21)19-25-11/h4,11H,2-3,5-6H2,1H3,(H,18,23)(H,19,21). The SMILES string of the molecule is COC(=O)NCc1cc(Cl)c2c(c1F)C(=O)N(C1CCC(=O)NO1)C2. The summed E-state index contributed by atoms with van der Waals surface area (Å²) in [6.07, 6.45) is -0.906. The van der Waals surface area contributed by atoms with Crippen molar-refractivity contribution in [3.05, 3.63) is 33.6 Å². The number of fused-ring (bicyclic) bond motifs is 1. The summed E-state index contributed by atoms with van der Waals surface area (Å²) >= 11 is 6.19. The van der Waals surface area contributed by atoms with E-state index in [1.54, 1.807) is 0 Å². The van der Waals surface area contributed by atoms with Crippen molar-refractivity contribution in [1.29, 1.82) is 0 Å². The number of hydroxylamine groups is 1. The van der Waals surface area contributed by atoms with Crippen molar-refractivity contribution in [3.63, 3.8) is 0 Å². The Morgan fingerprint density at radius 1 is 1.56 bits per heavy atom. The average molecular weight is 372 g/mol. The molecule has 8 nitrogen and oxygen atoms in total. The van der Waals surface area contributed by atoms with E-state index in [2.05, 4.69) is 15.5 Å². The molecule has 134 valence electrons. The van der Waals surface area contributed by atoms with Crippen LogP contribution in [0.25, 0.3) is 0 Å². The van der Waals surface area contributed by atoms with Gasteiger partial charge in [0, 0.05) is 35.5 Å². The molecule has 25 heavy (non-hydrogen) atoms. The van der Waals surface area contributed by atoms with Gasteiger partial charge in [0.1, 0.15) is 5.82 Å². The van der Waals surface area contributed by atoms with Gasteiger partial charge in [0.2, 0.25) is 5.91 Å². The quantitative estimate of drug-likeness (QED) is 0.838. The molecule has 1 fully saturated rings. The molecule has 1 saturated heterocycles. The van der Waals surface area contributed by atoms with E-state index in [9.17, 15) is 18.8 Å². The number of hydrogen-bond donors (Lipinski definition) is 2. The van der Waals surface area contributed by atoms with Gasteiger partial charge >= 0.3 is 6.09 Å². The number of rotatable bonds is 3. The lowest BCUT2D eigenvalue weighted by atomic mass is 10.0. The number of carbonyl (C=O) groups is 3. The van der Waals surface area contributed by atoms with Crippen LogP contribution in [0.2, 0.25) is 5.02 Å². The molecule has 0 radical (unpaired) electrons. The first-order chi connectivity index (χ1) is 11.9. The first-order valence-electron chi connectivity index (χ1n) is 7.49. The summed E-state index contributed by atoms with van der Waals surface area (Å²) in [6, 6.07) is 1.37. The average Bonchev–Trinajstić information content (AvgIpc) is 2.95. The van der Waals surface area contributed by atoms with E-state index in [1.807, 2.05) is 0 Å². The lowest BCUT2D eigenvalue weighted by Crippen LogP contribution is -2.46. The molecule has 1 unspecified atom stereocenters. The Morgan fingerprint density at radius 2 is 2.32 bits per heavy atom. The van der Waals surface area contributed by atoms with Crippen molar-refractivity contribution in [3.8, 4) is 0 Å². The number of nitrogens with zero attached hydrogens (tertiary/aromatic N) is 1. The smallest absolute Gasteiger partial charge is 0.407 e. The molecular weight excluding hydrogens is 357 g/mol. The molecule has 1 aromatic carbocycles. The zero-order valence-corrected chi connectivity index (χ0v) is 14.0. The fourth-order valence-corrected chi connectivity index (χ4v) is 3.08. The third kappa shape index (κ3) is 3.24. The summed E-state index contributed by atoms with van der Waals surface area (Å²) in [5.41, 5.74) is 2.50. The van der Waals surface area contributed by atoms with Crippen molar-refractivity contribution in [1.82, 2.24) is 15.7 Å². The highest BCUT2D eigenvalue weighted by Crippen LogP contribution is 2.35. The highest BCUT2D eigenvalue weighted by Gasteiger charge is 2.39. The Labute approximate surface area is 147 Å². The molecule has 0 aliphatic carbocycles. The van der Waals surface area contributed by atoms with E-state index in [1.165, 1.54) is 18.1 Å². The molecule has 2 aliphatic rings. The lowest BCUT2D eigenvalue weighted by Gasteiger charge is -2.30. The number of hydrogen-bond acceptors (Lipinski definition) is 5. The van der Waals surface area contributed by atoms with E-state index in [-0.39, 0.29) is 41.6 Å². The van der Waals surface area contributed by atoms with Gasteiger partial charge < -0.3 is 15.0 Å². The molecule has 0 aromatic heterocycles. The van der Waals surface area contributed by atoms with Crippen molar-refractivity contribution in [2.45, 2.75) is 32.2 Å². The molecule has 0 spiro atoms. The van der Waals surface area contributed by atoms with Crippen molar-refractivity contribution in [2.24, 2.45) is 0 Å². The zero-order valence-electron chi connectivity index (χ0n) is 13.2. The summed E-state index contributed by atoms with van der Waals surface area (Å²) in [4.78, 5) is 41.4. The maximum absolute atomic E-state index is 14.8. The fourth-order valence-electron chi connectivity index (χ4n) is 2.80. The monoisotopic (exact) mass is 371 g/mol. The second-order valence-corrected chi connectivity index (χ2v) is 6.01. The Morgan fingerprint density at radius 3 is 2.96 bits per heavy atom. The summed E-state index contributed by atoms with van der Waals surface area (Å²) in [5.74, 6) is -1.60. The number of nitrogens with one attached hydrogen (secondary N) is 2. The van der Waals surface area contributed by atoms with Crippen LogP contribution in [0.5, 0.6) is 0 Å². The molecule has 2 aliphatic heterocycles. The Kier molecular flexibility index (Phi) is 4.78. The molecule has 3 rings (SSSR count). The second-order valence-electron chi connectivity index (χ2n) is 5.60. The molecule has 1 aromatic rings. The van der Waals surface area contributed by atoms with Gasteiger partial charge in [0.25, 0.3) is 5.91 Å². The third-order valence-electron chi connectivity index (χ3n) is 4.08. The Bertz CT molecular complexity index is 747. The lowest BCUT2D eigenvalue weighted by molar-refractivity contribution is -0.162. The van der Waals surface area contributed by atoms with Crippen LogP contribution in [0.1, 0.15) is 34.3 Å². The first kappa shape index (κ1) is 17.4. The number of methoxy groups -OCH3 is 1. The molecule has 10 heteroatoms. The van der Waals surface area contributed by atoms with Crippen molar-refractivity contribution < 1.29 is 28.3 Å². The third-order valence-corrected chi connectivity index (χ3v) is 4.42. The molecule has 2 heterocycles. The van der Waals surface area contributed by atoms with Gasteiger partial charge in [0.15, 0.2) is 6.23 Å². The van der Waals surface area contributed by atoms with Crippen LogP contribution in [0.15, 0.2) is 6.07 Å². The number of halogens is 2. The van der Waals surface area contributed by atoms with Crippen LogP contribution < -0.4 is 10.8 Å². The normalized spacial score (nSPS) is 19.5. The van der Waals surface area contributed by atoms with Crippen LogP contribution in [-0.4, -0.2) is 36.1 Å². The number of ether oxygens (including phenoxy) is 1. The second kappa shape index (κ2) is 6.85. The molecule has 0 bridgehead atoms. The summed E-state index contributed by atoms with van der Waals surface area (Å²) in [5, 5.41) is 2.56. The molecular formula is C15H15ClFN3O5. The summed E-state index contributed by atoms with van der Waals surface area (Å²) in [6.45, 7) is -0.0933. The maximum atomic E-state index is 14.8. The van der Waals surface area contributed by atoms with Crippen LogP contribution in [0.4, 0.5) is 9.18 Å². The first-order valence-corrected chi connectivity index (χ1v) is 7.87. The largest absolute Gasteiger partial charge is 0.453 e. The number of benzene rings is 1. The minimum atomic E-state index is -0.747. The van der Waals surface area contributed by atoms with E-state index < -0.39 is 24.0 Å². The van der Waals surface area contributed by atoms with Gasteiger partial charge in [-0.25, -0.2) is 19.5 Å². The van der Waals surface area contributed by atoms with Gasteiger partial charge in [0.05, 0.1) is 19.2 Å². The van der Waals surface area contributed by atoms with Gasteiger partial charge in [-0.05, 0) is 6.07 Å². The predicted octanol–water partition coefficient (Wildman–Crippen LogP) is 1.46. The minimum Gasteiger partial charge on any atom is -0.453 e. The van der Waals surface area contributed by atoms with Crippen LogP contribution in [0, 0.1) is 5.82 Å². The fraction of sp³-hybridized carbons (Fsp3) is 0.400. The Hall–Kier alpha value is -2.39. The van der Waals surface area contributed by atoms with Crippen LogP contribution >= 0.6 is 11.6 Å². The topological polar surface area (TPSA) is 97.0 Å². The molecule has 1 atom stereocenters. The van der Waals surface area contributed by atoms with Crippen molar-refractivity contribution in [2.75, 3.05) is 7.11 Å². The minimum absolute atomic E-state index is 0.0715. The summed E-state index contributed by atoms with van der Waals surface area (Å²) < 4.78 is 19.2. The van der Waals surface area contributed by atoms with Crippen LogP contribution in [-0.2, 0) is 27.5 Å².